The summed E-state index contributed by atoms with van der Waals surface area (Å²) in [4.78, 5) is 0. The van der Waals surface area contributed by atoms with Crippen LogP contribution in [0.5, 0.6) is 0 Å². The summed E-state index contributed by atoms with van der Waals surface area (Å²) in [5, 5.41) is 10.4. The van der Waals surface area contributed by atoms with Crippen molar-refractivity contribution in [1.82, 2.24) is 5.32 Å². The molecule has 56 valence electrons. The molecule has 0 bridgehead atoms. The number of rotatable bonds is 2. The Morgan fingerprint density at radius 3 is 2.40 bits per heavy atom. The van der Waals surface area contributed by atoms with Gasteiger partial charge in [-0.3, -0.25) is 5.32 Å². The van der Waals surface area contributed by atoms with E-state index in [9.17, 15) is 0 Å². The summed E-state index contributed by atoms with van der Waals surface area (Å²) < 4.78 is 5.15. The molecule has 0 fully saturated rings. The zero-order chi connectivity index (χ0) is 8.20. The van der Waals surface area contributed by atoms with Gasteiger partial charge in [0.25, 0.3) is 0 Å². The van der Waals surface area contributed by atoms with E-state index in [4.69, 9.17) is 10.00 Å². The Morgan fingerprint density at radius 2 is 2.10 bits per heavy atom. The van der Waals surface area contributed by atoms with Gasteiger partial charge in [0.1, 0.15) is 5.60 Å². The second kappa shape index (κ2) is 3.11. The second-order valence-corrected chi connectivity index (χ2v) is 2.87. The zero-order valence-electron chi connectivity index (χ0n) is 6.56. The van der Waals surface area contributed by atoms with Gasteiger partial charge in [0, 0.05) is 0 Å². The number of hydrogen-bond acceptors (Lipinski definition) is 3. The normalized spacial score (nSPS) is 9.80. The first kappa shape index (κ1) is 8.83. The fraction of sp³-hybridized carbons (Fsp3) is 0.571. The molecular weight excluding hydrogens is 128 g/mol. The number of nitrogens with zero attached hydrogens (tertiary/aromatic N) is 1. The molecular formula is C7H12N2O. The first-order valence-electron chi connectivity index (χ1n) is 2.99. The van der Waals surface area contributed by atoms with E-state index in [0.29, 0.717) is 0 Å². The van der Waals surface area contributed by atoms with E-state index >= 15 is 0 Å². The SMILES string of the molecule is C=C(NC#N)OC(C)(C)C. The Balaban J connectivity index is 3.72. The molecule has 3 nitrogen and oxygen atoms in total. The summed E-state index contributed by atoms with van der Waals surface area (Å²) in [7, 11) is 0. The predicted molar refractivity (Wildman–Crippen MR) is 38.7 cm³/mol. The molecule has 0 aliphatic heterocycles. The Hall–Kier alpha value is -1.17. The smallest absolute Gasteiger partial charge is 0.193 e. The highest BCUT2D eigenvalue weighted by Gasteiger charge is 2.11. The molecule has 0 radical (unpaired) electrons. The molecule has 0 rings (SSSR count). The molecule has 10 heavy (non-hydrogen) atoms. The Kier molecular flexibility index (Phi) is 2.75. The Bertz CT molecular complexity index is 161. The van der Waals surface area contributed by atoms with E-state index in [1.807, 2.05) is 20.8 Å². The third-order valence-electron chi connectivity index (χ3n) is 0.625. The lowest BCUT2D eigenvalue weighted by Crippen LogP contribution is -2.22. The Labute approximate surface area is 61.3 Å². The fourth-order valence-electron chi connectivity index (χ4n) is 0.457. The lowest BCUT2D eigenvalue weighted by atomic mass is 10.2. The third-order valence-corrected chi connectivity index (χ3v) is 0.625. The minimum atomic E-state index is -0.291. The van der Waals surface area contributed by atoms with E-state index in [2.05, 4.69) is 11.9 Å². The minimum absolute atomic E-state index is 0.287. The first-order valence-corrected chi connectivity index (χ1v) is 2.99. The molecule has 0 aliphatic rings. The van der Waals surface area contributed by atoms with Gasteiger partial charge in [-0.25, -0.2) is 0 Å². The van der Waals surface area contributed by atoms with Crippen molar-refractivity contribution in [3.8, 4) is 6.19 Å². The van der Waals surface area contributed by atoms with Gasteiger partial charge in [-0.1, -0.05) is 0 Å². The number of ether oxygens (including phenoxy) is 1. The van der Waals surface area contributed by atoms with Crippen LogP contribution in [0.2, 0.25) is 0 Å². The molecule has 0 saturated heterocycles. The van der Waals surface area contributed by atoms with E-state index in [1.54, 1.807) is 6.19 Å². The van der Waals surface area contributed by atoms with Crippen molar-refractivity contribution in [2.45, 2.75) is 26.4 Å². The van der Waals surface area contributed by atoms with Crippen LogP contribution in [0.15, 0.2) is 12.5 Å². The van der Waals surface area contributed by atoms with Crippen LogP contribution >= 0.6 is 0 Å². The maximum absolute atomic E-state index is 8.13. The van der Waals surface area contributed by atoms with Crippen molar-refractivity contribution in [2.24, 2.45) is 0 Å². The van der Waals surface area contributed by atoms with Gasteiger partial charge >= 0.3 is 0 Å². The van der Waals surface area contributed by atoms with Crippen LogP contribution in [0.25, 0.3) is 0 Å². The van der Waals surface area contributed by atoms with Crippen LogP contribution in [0.1, 0.15) is 20.8 Å². The maximum Gasteiger partial charge on any atom is 0.193 e. The van der Waals surface area contributed by atoms with E-state index in [-0.39, 0.29) is 11.5 Å². The zero-order valence-corrected chi connectivity index (χ0v) is 6.56. The van der Waals surface area contributed by atoms with Gasteiger partial charge in [-0.15, -0.1) is 0 Å². The maximum atomic E-state index is 8.13. The van der Waals surface area contributed by atoms with Gasteiger partial charge in [0.2, 0.25) is 0 Å². The van der Waals surface area contributed by atoms with Gasteiger partial charge < -0.3 is 4.74 Å². The average Bonchev–Trinajstić information content (AvgIpc) is 1.59. The number of nitrogens with one attached hydrogen (secondary N) is 1. The van der Waals surface area contributed by atoms with Crippen molar-refractivity contribution in [3.63, 3.8) is 0 Å². The van der Waals surface area contributed by atoms with Crippen molar-refractivity contribution in [1.29, 1.82) is 5.26 Å². The van der Waals surface area contributed by atoms with Gasteiger partial charge in [-0.05, 0) is 27.4 Å². The molecule has 3 heteroatoms. The van der Waals surface area contributed by atoms with E-state index in [0.717, 1.165) is 0 Å². The summed E-state index contributed by atoms with van der Waals surface area (Å²) >= 11 is 0. The lowest BCUT2D eigenvalue weighted by molar-refractivity contribution is 0.0456. The van der Waals surface area contributed by atoms with Gasteiger partial charge in [-0.2, -0.15) is 5.26 Å². The molecule has 0 aliphatic carbocycles. The number of hydrogen-bond donors (Lipinski definition) is 1. The van der Waals surface area contributed by atoms with Crippen LogP contribution in [-0.2, 0) is 4.74 Å². The molecule has 0 aromatic heterocycles. The second-order valence-electron chi connectivity index (χ2n) is 2.87. The predicted octanol–water partition coefficient (Wildman–Crippen LogP) is 1.34. The van der Waals surface area contributed by atoms with Crippen molar-refractivity contribution >= 4 is 0 Å². The molecule has 0 unspecified atom stereocenters. The molecule has 0 atom stereocenters. The average molecular weight is 140 g/mol. The van der Waals surface area contributed by atoms with Crippen LogP contribution in [-0.4, -0.2) is 5.60 Å². The van der Waals surface area contributed by atoms with Crippen molar-refractivity contribution in [3.05, 3.63) is 12.5 Å². The summed E-state index contributed by atoms with van der Waals surface area (Å²) in [6, 6.07) is 0. The lowest BCUT2D eigenvalue weighted by Gasteiger charge is -2.21. The number of nitriles is 1. The van der Waals surface area contributed by atoms with E-state index < -0.39 is 0 Å². The summed E-state index contributed by atoms with van der Waals surface area (Å²) in [6.45, 7) is 9.13. The quantitative estimate of drug-likeness (QED) is 0.357. The standard InChI is InChI=1S/C7H12N2O/c1-6(9-5-8)10-7(2,3)4/h9H,1H2,2-4H3. The van der Waals surface area contributed by atoms with Crippen molar-refractivity contribution in [2.75, 3.05) is 0 Å². The fourth-order valence-corrected chi connectivity index (χ4v) is 0.457. The topological polar surface area (TPSA) is 45.0 Å². The Morgan fingerprint density at radius 1 is 1.60 bits per heavy atom. The summed E-state index contributed by atoms with van der Waals surface area (Å²) in [6.07, 6.45) is 1.72. The first-order chi connectivity index (χ1) is 4.45. The molecule has 0 heterocycles. The highest BCUT2D eigenvalue weighted by Crippen LogP contribution is 2.09. The minimum Gasteiger partial charge on any atom is -0.473 e. The molecule has 0 aromatic carbocycles. The van der Waals surface area contributed by atoms with E-state index in [1.165, 1.54) is 0 Å². The van der Waals surface area contributed by atoms with Gasteiger partial charge in [0.15, 0.2) is 12.1 Å². The van der Waals surface area contributed by atoms with Crippen LogP contribution in [0.4, 0.5) is 0 Å². The highest BCUT2D eigenvalue weighted by atomic mass is 16.5. The van der Waals surface area contributed by atoms with Crippen LogP contribution in [0, 0.1) is 11.5 Å². The largest absolute Gasteiger partial charge is 0.473 e. The van der Waals surface area contributed by atoms with Crippen LogP contribution < -0.4 is 5.32 Å². The molecule has 0 aromatic rings. The van der Waals surface area contributed by atoms with Crippen LogP contribution in [0.3, 0.4) is 0 Å². The molecule has 0 amide bonds. The monoisotopic (exact) mass is 140 g/mol. The molecule has 0 spiro atoms. The summed E-state index contributed by atoms with van der Waals surface area (Å²) in [5.41, 5.74) is -0.291. The molecule has 0 saturated carbocycles. The summed E-state index contributed by atoms with van der Waals surface area (Å²) in [5.74, 6) is 0.287. The van der Waals surface area contributed by atoms with Gasteiger partial charge in [0.05, 0.1) is 0 Å². The highest BCUT2D eigenvalue weighted by molar-refractivity contribution is 4.89. The third kappa shape index (κ3) is 4.98. The molecule has 1 N–H and O–H groups in total. The van der Waals surface area contributed by atoms with Crippen molar-refractivity contribution < 1.29 is 4.74 Å².